The van der Waals surface area contributed by atoms with E-state index in [1.807, 2.05) is 71.6 Å². The minimum atomic E-state index is -0.852. The standard InChI is InChI=1S/C33H41N7O2/c34-33(35)36-18-9-16-29-32(42)40(22-27(23-10-3-1-4-11-23)24-12-5-2-6-13-24)19-17-26(38-29)21-37-31(41)30-20-25-14-7-8-15-28(25)39-30/h1-8,10-15,20,26-27,29,31,37-39,41H,9,16-19,21-22H2,(H4,34,35,36)/t26-,29-,31?/m0/s1. The number of aromatic amines is 1. The minimum Gasteiger partial charge on any atom is -0.373 e. The molecule has 1 fully saturated rings. The number of aliphatic imine (C=N–C) groups is 1. The van der Waals surface area contributed by atoms with E-state index in [1.54, 1.807) is 0 Å². The first-order valence-electron chi connectivity index (χ1n) is 14.7. The molecule has 3 aromatic carbocycles. The van der Waals surface area contributed by atoms with E-state index in [4.69, 9.17) is 11.5 Å². The zero-order valence-corrected chi connectivity index (χ0v) is 23.8. The van der Waals surface area contributed by atoms with Crippen molar-refractivity contribution in [2.45, 2.75) is 43.5 Å². The van der Waals surface area contributed by atoms with Crippen molar-refractivity contribution in [2.24, 2.45) is 16.5 Å². The van der Waals surface area contributed by atoms with E-state index in [0.29, 0.717) is 44.7 Å². The van der Waals surface area contributed by atoms with Crippen molar-refractivity contribution in [3.05, 3.63) is 108 Å². The normalized spacial score (nSPS) is 18.2. The molecule has 4 aromatic rings. The lowest BCUT2D eigenvalue weighted by atomic mass is 9.90. The van der Waals surface area contributed by atoms with Gasteiger partial charge in [-0.15, -0.1) is 0 Å². The molecule has 2 heterocycles. The second kappa shape index (κ2) is 14.1. The minimum absolute atomic E-state index is 0.0158. The molecule has 1 saturated heterocycles. The highest BCUT2D eigenvalue weighted by atomic mass is 16.3. The maximum absolute atomic E-state index is 14.0. The van der Waals surface area contributed by atoms with Crippen LogP contribution in [0.25, 0.3) is 10.9 Å². The van der Waals surface area contributed by atoms with Crippen LogP contribution >= 0.6 is 0 Å². The Hall–Kier alpha value is -4.18. The first kappa shape index (κ1) is 29.3. The number of nitrogens with two attached hydrogens (primary N) is 2. The van der Waals surface area contributed by atoms with Gasteiger partial charge in [0.05, 0.1) is 11.7 Å². The SMILES string of the molecule is NC(N)=NCCC[C@@H]1N[C@H](CNC(O)c2cc3ccccc3[nH]2)CCN(CC(c2ccccc2)c2ccccc2)C1=O. The van der Waals surface area contributed by atoms with Gasteiger partial charge >= 0.3 is 0 Å². The third-order valence-electron chi connectivity index (χ3n) is 7.95. The number of aliphatic hydroxyl groups excluding tert-OH is 1. The van der Waals surface area contributed by atoms with E-state index >= 15 is 0 Å². The molecule has 0 aliphatic carbocycles. The molecule has 1 amide bonds. The Bertz CT molecular complexity index is 1380. The second-order valence-corrected chi connectivity index (χ2v) is 10.9. The van der Waals surface area contributed by atoms with Gasteiger partial charge in [-0.2, -0.15) is 0 Å². The summed E-state index contributed by atoms with van der Waals surface area (Å²) in [6, 6.07) is 30.2. The Balaban J connectivity index is 1.31. The number of aliphatic hydroxyl groups is 1. The van der Waals surface area contributed by atoms with Crippen LogP contribution in [0.5, 0.6) is 0 Å². The highest BCUT2D eigenvalue weighted by Crippen LogP contribution is 2.27. The molecule has 220 valence electrons. The number of hydrogen-bond acceptors (Lipinski definition) is 5. The van der Waals surface area contributed by atoms with E-state index in [9.17, 15) is 9.90 Å². The van der Waals surface area contributed by atoms with Crippen molar-refractivity contribution in [3.63, 3.8) is 0 Å². The third kappa shape index (κ3) is 7.55. The van der Waals surface area contributed by atoms with Gasteiger partial charge in [-0.1, -0.05) is 78.9 Å². The highest BCUT2D eigenvalue weighted by molar-refractivity contribution is 5.82. The van der Waals surface area contributed by atoms with Crippen LogP contribution in [0.1, 0.15) is 48.2 Å². The number of carbonyl (C=O) groups is 1. The molecule has 5 rings (SSSR count). The Labute approximate surface area is 247 Å². The summed E-state index contributed by atoms with van der Waals surface area (Å²) in [4.78, 5) is 23.4. The average molecular weight is 568 g/mol. The molecule has 0 spiro atoms. The monoisotopic (exact) mass is 567 g/mol. The summed E-state index contributed by atoms with van der Waals surface area (Å²) in [5.41, 5.74) is 15.1. The van der Waals surface area contributed by atoms with E-state index in [2.05, 4.69) is 44.9 Å². The zero-order chi connectivity index (χ0) is 29.3. The fraction of sp³-hybridized carbons (Fsp3) is 0.333. The molecule has 9 heteroatoms. The Kier molecular flexibility index (Phi) is 9.86. The van der Waals surface area contributed by atoms with Crippen molar-refractivity contribution in [3.8, 4) is 0 Å². The molecular formula is C33H41N7O2. The Morgan fingerprint density at radius 2 is 1.67 bits per heavy atom. The van der Waals surface area contributed by atoms with Crippen LogP contribution < -0.4 is 22.1 Å². The summed E-state index contributed by atoms with van der Waals surface area (Å²) in [6.45, 7) is 2.16. The number of amides is 1. The van der Waals surface area contributed by atoms with Crippen molar-refractivity contribution in [1.82, 2.24) is 20.5 Å². The summed E-state index contributed by atoms with van der Waals surface area (Å²) in [5, 5.41) is 18.8. The van der Waals surface area contributed by atoms with Gasteiger partial charge in [-0.3, -0.25) is 15.1 Å². The van der Waals surface area contributed by atoms with Crippen LogP contribution in [-0.4, -0.2) is 65.1 Å². The van der Waals surface area contributed by atoms with Crippen LogP contribution in [0.4, 0.5) is 0 Å². The van der Waals surface area contributed by atoms with Gasteiger partial charge in [-0.25, -0.2) is 0 Å². The van der Waals surface area contributed by atoms with E-state index in [-0.39, 0.29) is 29.9 Å². The van der Waals surface area contributed by atoms with Crippen LogP contribution in [0.2, 0.25) is 0 Å². The molecule has 1 aliphatic heterocycles. The van der Waals surface area contributed by atoms with Crippen molar-refractivity contribution in [2.75, 3.05) is 26.2 Å². The van der Waals surface area contributed by atoms with Gasteiger partial charge in [0, 0.05) is 43.7 Å². The molecular weight excluding hydrogens is 526 g/mol. The molecule has 9 nitrogen and oxygen atoms in total. The largest absolute Gasteiger partial charge is 0.373 e. The van der Waals surface area contributed by atoms with Gasteiger partial charge in [0.2, 0.25) is 5.91 Å². The van der Waals surface area contributed by atoms with Crippen LogP contribution in [0.3, 0.4) is 0 Å². The van der Waals surface area contributed by atoms with Crippen molar-refractivity contribution >= 4 is 22.8 Å². The fourth-order valence-electron chi connectivity index (χ4n) is 5.74. The zero-order valence-electron chi connectivity index (χ0n) is 23.8. The smallest absolute Gasteiger partial charge is 0.239 e. The molecule has 0 radical (unpaired) electrons. The fourth-order valence-corrected chi connectivity index (χ4v) is 5.74. The molecule has 1 aliphatic rings. The summed E-state index contributed by atoms with van der Waals surface area (Å²) in [6.07, 6.45) is 1.18. The summed E-state index contributed by atoms with van der Waals surface area (Å²) < 4.78 is 0. The topological polar surface area (TPSA) is 145 Å². The number of benzene rings is 3. The van der Waals surface area contributed by atoms with E-state index in [0.717, 1.165) is 17.3 Å². The van der Waals surface area contributed by atoms with Gasteiger partial charge in [0.15, 0.2) is 5.96 Å². The molecule has 0 bridgehead atoms. The van der Waals surface area contributed by atoms with Crippen molar-refractivity contribution in [1.29, 1.82) is 0 Å². The first-order valence-corrected chi connectivity index (χ1v) is 14.7. The number of aromatic nitrogens is 1. The van der Waals surface area contributed by atoms with Crippen LogP contribution in [0.15, 0.2) is 96.0 Å². The maximum Gasteiger partial charge on any atom is 0.239 e. The average Bonchev–Trinajstić information content (AvgIpc) is 3.39. The van der Waals surface area contributed by atoms with Gasteiger partial charge < -0.3 is 31.8 Å². The Morgan fingerprint density at radius 3 is 2.33 bits per heavy atom. The maximum atomic E-state index is 14.0. The molecule has 8 N–H and O–H groups in total. The van der Waals surface area contributed by atoms with Crippen LogP contribution in [0, 0.1) is 0 Å². The summed E-state index contributed by atoms with van der Waals surface area (Å²) in [7, 11) is 0. The number of hydrogen-bond donors (Lipinski definition) is 6. The predicted octanol–water partition coefficient (Wildman–Crippen LogP) is 3.19. The predicted molar refractivity (Wildman–Crippen MR) is 168 cm³/mol. The molecule has 3 atom stereocenters. The first-order chi connectivity index (χ1) is 20.5. The second-order valence-electron chi connectivity index (χ2n) is 10.9. The molecule has 1 aromatic heterocycles. The van der Waals surface area contributed by atoms with Crippen molar-refractivity contribution < 1.29 is 9.90 Å². The number of fused-ring (bicyclic) bond motifs is 1. The number of nitrogens with zero attached hydrogens (tertiary/aromatic N) is 2. The molecule has 1 unspecified atom stereocenters. The summed E-state index contributed by atoms with van der Waals surface area (Å²) in [5.74, 6) is 0.186. The van der Waals surface area contributed by atoms with Gasteiger partial charge in [0.25, 0.3) is 0 Å². The number of para-hydroxylation sites is 1. The Morgan fingerprint density at radius 1 is 1.00 bits per heavy atom. The van der Waals surface area contributed by atoms with Crippen LogP contribution in [-0.2, 0) is 4.79 Å². The summed E-state index contributed by atoms with van der Waals surface area (Å²) >= 11 is 0. The lowest BCUT2D eigenvalue weighted by Gasteiger charge is -2.29. The third-order valence-corrected chi connectivity index (χ3v) is 7.95. The van der Waals surface area contributed by atoms with Gasteiger partial charge in [-0.05, 0) is 47.9 Å². The van der Waals surface area contributed by atoms with E-state index < -0.39 is 6.23 Å². The highest BCUT2D eigenvalue weighted by Gasteiger charge is 2.32. The van der Waals surface area contributed by atoms with E-state index in [1.165, 1.54) is 11.1 Å². The number of rotatable bonds is 12. The van der Waals surface area contributed by atoms with Gasteiger partial charge in [0.1, 0.15) is 6.23 Å². The molecule has 0 saturated carbocycles. The number of H-pyrrole nitrogens is 1. The molecule has 42 heavy (non-hydrogen) atoms. The number of carbonyl (C=O) groups excluding carboxylic acids is 1. The number of nitrogens with one attached hydrogen (secondary N) is 3. The lowest BCUT2D eigenvalue weighted by Crippen LogP contribution is -2.49. The quantitative estimate of drug-likeness (QED) is 0.0671. The lowest BCUT2D eigenvalue weighted by molar-refractivity contribution is -0.133. The number of guanidine groups is 1.